The predicted octanol–water partition coefficient (Wildman–Crippen LogP) is 3.14. The fourth-order valence-electron chi connectivity index (χ4n) is 3.98. The third-order valence-electron chi connectivity index (χ3n) is 5.15. The van der Waals surface area contributed by atoms with Crippen molar-refractivity contribution < 1.29 is 33.4 Å². The summed E-state index contributed by atoms with van der Waals surface area (Å²) in [5.74, 6) is -1.27. The molecule has 2 unspecified atom stereocenters. The van der Waals surface area contributed by atoms with E-state index in [2.05, 4.69) is 0 Å². The highest BCUT2D eigenvalue weighted by Gasteiger charge is 2.43. The van der Waals surface area contributed by atoms with E-state index in [4.69, 9.17) is 14.2 Å². The van der Waals surface area contributed by atoms with E-state index in [-0.39, 0.29) is 46.7 Å². The molecule has 1 aliphatic carbocycles. The maximum atomic E-state index is 13.5. The lowest BCUT2D eigenvalue weighted by molar-refractivity contribution is -0.174. The molecule has 1 heterocycles. The number of Topliss-reactive ketones (excluding diaryl/α,β-unsaturated/α-hetero) is 2. The minimum Gasteiger partial charge on any atom is -0.438 e. The third kappa shape index (κ3) is 3.03. The third-order valence-corrected chi connectivity index (χ3v) is 5.15. The summed E-state index contributed by atoms with van der Waals surface area (Å²) in [5.41, 5.74) is 0.751. The van der Waals surface area contributed by atoms with Gasteiger partial charge in [0.15, 0.2) is 17.3 Å². The van der Waals surface area contributed by atoms with E-state index in [0.717, 1.165) is 0 Å². The quantitative estimate of drug-likeness (QED) is 0.446. The Morgan fingerprint density at radius 2 is 2.00 bits per heavy atom. The van der Waals surface area contributed by atoms with Gasteiger partial charge in [0.2, 0.25) is 6.29 Å². The SMILES string of the molecule is CCC1OC(OC=O)CC2=C1C(=O)c1c(cc3ccccc3c1OC(C)=O)C2=O. The van der Waals surface area contributed by atoms with Gasteiger partial charge in [-0.2, -0.15) is 0 Å². The first-order valence-corrected chi connectivity index (χ1v) is 9.27. The summed E-state index contributed by atoms with van der Waals surface area (Å²) in [7, 11) is 0. The number of rotatable bonds is 4. The van der Waals surface area contributed by atoms with Crippen LogP contribution in [0.5, 0.6) is 5.75 Å². The number of carbonyl (C=O) groups is 4. The Bertz CT molecular complexity index is 1100. The monoisotopic (exact) mass is 394 g/mol. The minimum absolute atomic E-state index is 0.00961. The van der Waals surface area contributed by atoms with Gasteiger partial charge in [-0.15, -0.1) is 0 Å². The number of benzene rings is 2. The number of hydrogen-bond acceptors (Lipinski definition) is 7. The lowest BCUT2D eigenvalue weighted by atomic mass is 9.77. The van der Waals surface area contributed by atoms with Crippen molar-refractivity contribution in [3.63, 3.8) is 0 Å². The van der Waals surface area contributed by atoms with Crippen LogP contribution in [0, 0.1) is 0 Å². The molecule has 4 rings (SSSR count). The Morgan fingerprint density at radius 3 is 2.69 bits per heavy atom. The van der Waals surface area contributed by atoms with Crippen molar-refractivity contribution in [2.75, 3.05) is 0 Å². The molecule has 2 aromatic carbocycles. The van der Waals surface area contributed by atoms with Gasteiger partial charge in [-0.05, 0) is 17.9 Å². The second-order valence-corrected chi connectivity index (χ2v) is 6.89. The van der Waals surface area contributed by atoms with E-state index in [1.165, 1.54) is 6.92 Å². The van der Waals surface area contributed by atoms with Crippen molar-refractivity contribution in [3.8, 4) is 5.75 Å². The molecule has 7 heteroatoms. The first kappa shape index (κ1) is 19.0. The predicted molar refractivity (Wildman–Crippen MR) is 102 cm³/mol. The van der Waals surface area contributed by atoms with Gasteiger partial charge in [-0.25, -0.2) is 0 Å². The molecule has 1 aliphatic heterocycles. The first-order chi connectivity index (χ1) is 14.0. The van der Waals surface area contributed by atoms with E-state index in [9.17, 15) is 19.2 Å². The fourth-order valence-corrected chi connectivity index (χ4v) is 3.98. The van der Waals surface area contributed by atoms with Crippen LogP contribution in [0.1, 0.15) is 47.4 Å². The molecule has 2 aromatic rings. The number of ketones is 2. The highest BCUT2D eigenvalue weighted by atomic mass is 16.7. The Hall–Kier alpha value is -3.32. The zero-order chi connectivity index (χ0) is 20.7. The van der Waals surface area contributed by atoms with Gasteiger partial charge in [-0.1, -0.05) is 31.2 Å². The number of fused-ring (bicyclic) bond motifs is 2. The molecule has 0 fully saturated rings. The molecule has 0 bridgehead atoms. The van der Waals surface area contributed by atoms with E-state index in [1.54, 1.807) is 37.3 Å². The summed E-state index contributed by atoms with van der Waals surface area (Å²) < 4.78 is 16.0. The molecule has 148 valence electrons. The molecule has 2 atom stereocenters. The molecule has 0 saturated heterocycles. The minimum atomic E-state index is -0.928. The van der Waals surface area contributed by atoms with Crippen molar-refractivity contribution in [2.24, 2.45) is 0 Å². The Kier molecular flexibility index (Phi) is 4.76. The second kappa shape index (κ2) is 7.25. The lowest BCUT2D eigenvalue weighted by Gasteiger charge is -2.34. The molecule has 0 radical (unpaired) electrons. The van der Waals surface area contributed by atoms with Gasteiger partial charge in [0.25, 0.3) is 6.47 Å². The normalized spacial score (nSPS) is 20.9. The average molecular weight is 394 g/mol. The van der Waals surface area contributed by atoms with Crippen molar-refractivity contribution in [3.05, 3.63) is 52.6 Å². The van der Waals surface area contributed by atoms with Crippen molar-refractivity contribution >= 4 is 34.8 Å². The topological polar surface area (TPSA) is 96.0 Å². The van der Waals surface area contributed by atoms with Crippen LogP contribution in [0.15, 0.2) is 41.5 Å². The van der Waals surface area contributed by atoms with Gasteiger partial charge in [0, 0.05) is 35.4 Å². The van der Waals surface area contributed by atoms with Crippen molar-refractivity contribution in [1.29, 1.82) is 0 Å². The maximum Gasteiger partial charge on any atom is 0.308 e. The van der Waals surface area contributed by atoms with Crippen LogP contribution in [0.25, 0.3) is 10.8 Å². The summed E-state index contributed by atoms with van der Waals surface area (Å²) in [6.45, 7) is 3.31. The summed E-state index contributed by atoms with van der Waals surface area (Å²) in [6.07, 6.45) is -1.24. The summed E-state index contributed by atoms with van der Waals surface area (Å²) in [5, 5.41) is 1.24. The average Bonchev–Trinajstić information content (AvgIpc) is 2.71. The molecule has 0 saturated carbocycles. The van der Waals surface area contributed by atoms with Crippen LogP contribution in [-0.4, -0.2) is 36.4 Å². The number of esters is 1. The maximum absolute atomic E-state index is 13.5. The van der Waals surface area contributed by atoms with E-state index in [1.807, 2.05) is 0 Å². The summed E-state index contributed by atoms with van der Waals surface area (Å²) in [4.78, 5) is 49.3. The highest BCUT2D eigenvalue weighted by Crippen LogP contribution is 2.43. The van der Waals surface area contributed by atoms with Crippen LogP contribution in [0.3, 0.4) is 0 Å². The van der Waals surface area contributed by atoms with Crippen LogP contribution in [0.2, 0.25) is 0 Å². The lowest BCUT2D eigenvalue weighted by Crippen LogP contribution is -2.39. The fraction of sp³-hybridized carbons (Fsp3) is 0.273. The van der Waals surface area contributed by atoms with E-state index in [0.29, 0.717) is 17.2 Å². The molecule has 2 aliphatic rings. The number of carbonyl (C=O) groups excluding carboxylic acids is 4. The van der Waals surface area contributed by atoms with Crippen molar-refractivity contribution in [2.45, 2.75) is 39.1 Å². The van der Waals surface area contributed by atoms with Crippen LogP contribution < -0.4 is 4.74 Å². The first-order valence-electron chi connectivity index (χ1n) is 9.27. The van der Waals surface area contributed by atoms with Gasteiger partial charge in [0.05, 0.1) is 11.7 Å². The van der Waals surface area contributed by atoms with Crippen LogP contribution in [0.4, 0.5) is 0 Å². The number of hydrogen-bond donors (Lipinski definition) is 0. The number of ether oxygens (including phenoxy) is 3. The van der Waals surface area contributed by atoms with Crippen molar-refractivity contribution in [1.82, 2.24) is 0 Å². The molecular formula is C22H18O7. The summed E-state index contributed by atoms with van der Waals surface area (Å²) >= 11 is 0. The molecule has 7 nitrogen and oxygen atoms in total. The van der Waals surface area contributed by atoms with Gasteiger partial charge >= 0.3 is 5.97 Å². The van der Waals surface area contributed by atoms with E-state index >= 15 is 0 Å². The van der Waals surface area contributed by atoms with E-state index < -0.39 is 24.1 Å². The smallest absolute Gasteiger partial charge is 0.308 e. The van der Waals surface area contributed by atoms with Crippen LogP contribution in [-0.2, 0) is 19.1 Å². The zero-order valence-electron chi connectivity index (χ0n) is 15.9. The van der Waals surface area contributed by atoms with Gasteiger partial charge < -0.3 is 14.2 Å². The molecule has 0 aromatic heterocycles. The molecule has 0 N–H and O–H groups in total. The molecule has 29 heavy (non-hydrogen) atoms. The Labute approximate surface area is 166 Å². The summed E-state index contributed by atoms with van der Waals surface area (Å²) in [6, 6.07) is 8.70. The standard InChI is InChI=1S/C22H18O7/c1-3-16-18-15(9-17(29-16)27-10-23)20(25)14-8-12-6-4-5-7-13(12)22(28-11(2)24)19(14)21(18)26/h4-8,10,16-17H,3,9H2,1-2H3. The van der Waals surface area contributed by atoms with Gasteiger partial charge in [-0.3, -0.25) is 19.2 Å². The molecule has 0 amide bonds. The van der Waals surface area contributed by atoms with Gasteiger partial charge in [0.1, 0.15) is 0 Å². The zero-order valence-corrected chi connectivity index (χ0v) is 15.9. The largest absolute Gasteiger partial charge is 0.438 e. The highest BCUT2D eigenvalue weighted by molar-refractivity contribution is 6.30. The Morgan fingerprint density at radius 1 is 1.24 bits per heavy atom. The second-order valence-electron chi connectivity index (χ2n) is 6.89. The molecule has 0 spiro atoms. The van der Waals surface area contributed by atoms with Crippen LogP contribution >= 0.6 is 0 Å². The molecular weight excluding hydrogens is 376 g/mol. The Balaban J connectivity index is 1.96.